The molecular formula is C20H25N3O2S. The van der Waals surface area contributed by atoms with Gasteiger partial charge in [-0.05, 0) is 43.0 Å². The maximum Gasteiger partial charge on any atom is 0.290 e. The van der Waals surface area contributed by atoms with E-state index in [2.05, 4.69) is 29.6 Å². The summed E-state index contributed by atoms with van der Waals surface area (Å²) in [7, 11) is 0. The van der Waals surface area contributed by atoms with E-state index in [9.17, 15) is 4.79 Å². The van der Waals surface area contributed by atoms with Crippen LogP contribution in [0.15, 0.2) is 40.8 Å². The Hall–Kier alpha value is -1.76. The van der Waals surface area contributed by atoms with Gasteiger partial charge in [0.1, 0.15) is 5.76 Å². The minimum atomic E-state index is -0.204. The molecule has 138 valence electrons. The molecule has 3 atom stereocenters. The van der Waals surface area contributed by atoms with Crippen molar-refractivity contribution in [3.63, 3.8) is 0 Å². The monoisotopic (exact) mass is 371 g/mol. The Kier molecular flexibility index (Phi) is 5.07. The smallest absolute Gasteiger partial charge is 0.290 e. The number of thioether (sulfide) groups is 1. The first-order chi connectivity index (χ1) is 12.6. The van der Waals surface area contributed by atoms with Gasteiger partial charge in [0.25, 0.3) is 5.91 Å². The van der Waals surface area contributed by atoms with Crippen molar-refractivity contribution in [1.29, 1.82) is 0 Å². The van der Waals surface area contributed by atoms with Crippen LogP contribution in [0.2, 0.25) is 0 Å². The summed E-state index contributed by atoms with van der Waals surface area (Å²) in [5.74, 6) is 2.66. The van der Waals surface area contributed by atoms with Crippen molar-refractivity contribution in [2.24, 2.45) is 5.73 Å². The van der Waals surface area contributed by atoms with E-state index in [4.69, 9.17) is 10.2 Å². The molecule has 2 aromatic rings. The number of hydrogen-bond donors (Lipinski definition) is 2. The first kappa shape index (κ1) is 17.6. The Morgan fingerprint density at radius 2 is 2.23 bits per heavy atom. The van der Waals surface area contributed by atoms with Crippen LogP contribution >= 0.6 is 11.8 Å². The van der Waals surface area contributed by atoms with Gasteiger partial charge in [0.2, 0.25) is 0 Å². The number of furan rings is 1. The number of nitrogens with two attached hydrogens (primary N) is 1. The Morgan fingerprint density at radius 1 is 1.38 bits per heavy atom. The van der Waals surface area contributed by atoms with Crippen LogP contribution in [0.1, 0.15) is 52.9 Å². The molecule has 2 heterocycles. The lowest BCUT2D eigenvalue weighted by Crippen LogP contribution is -2.43. The molecule has 0 saturated carbocycles. The molecule has 4 rings (SSSR count). The molecule has 1 aliphatic heterocycles. The number of hydrogen-bond acceptors (Lipinski definition) is 5. The lowest BCUT2D eigenvalue weighted by Gasteiger charge is -2.25. The molecule has 5 nitrogen and oxygen atoms in total. The van der Waals surface area contributed by atoms with Gasteiger partial charge in [0.15, 0.2) is 5.76 Å². The van der Waals surface area contributed by atoms with Gasteiger partial charge in [0.05, 0.1) is 18.0 Å². The zero-order valence-electron chi connectivity index (χ0n) is 15.0. The van der Waals surface area contributed by atoms with Gasteiger partial charge in [-0.25, -0.2) is 0 Å². The van der Waals surface area contributed by atoms with Gasteiger partial charge in [0, 0.05) is 18.3 Å². The standard InChI is InChI=1S/C20H25N3O2S/c1-13(21)18-8-9-19(25-18)20(24)23-12-26-11-15(23)10-22-17-7-6-14-4-2-3-5-16(14)17/h2-5,8-9,13,15,17,22H,6-7,10-12,21H2,1H3/t13?,15-,17-/m1/s1. The highest BCUT2D eigenvalue weighted by Gasteiger charge is 2.32. The fourth-order valence-corrected chi connectivity index (χ4v) is 4.98. The predicted octanol–water partition coefficient (Wildman–Crippen LogP) is 3.09. The van der Waals surface area contributed by atoms with E-state index < -0.39 is 0 Å². The number of carbonyl (C=O) groups is 1. The van der Waals surface area contributed by atoms with Gasteiger partial charge >= 0.3 is 0 Å². The molecule has 1 saturated heterocycles. The minimum absolute atomic E-state index is 0.0412. The second-order valence-corrected chi connectivity index (χ2v) is 8.12. The summed E-state index contributed by atoms with van der Waals surface area (Å²) < 4.78 is 5.65. The van der Waals surface area contributed by atoms with Gasteiger partial charge in [-0.15, -0.1) is 11.8 Å². The summed E-state index contributed by atoms with van der Waals surface area (Å²) in [4.78, 5) is 14.8. The van der Waals surface area contributed by atoms with E-state index >= 15 is 0 Å². The van der Waals surface area contributed by atoms with Gasteiger partial charge in [-0.3, -0.25) is 4.79 Å². The lowest BCUT2D eigenvalue weighted by atomic mass is 10.1. The van der Waals surface area contributed by atoms with Crippen molar-refractivity contribution in [2.45, 2.75) is 37.9 Å². The van der Waals surface area contributed by atoms with Gasteiger partial charge in [-0.2, -0.15) is 0 Å². The normalized spacial score (nSPS) is 23.2. The molecule has 0 radical (unpaired) electrons. The SMILES string of the molecule is CC(N)c1ccc(C(=O)N2CSC[C@H]2CN[C@@H]2CCc3ccccc32)o1. The maximum atomic E-state index is 12.8. The first-order valence-corrected chi connectivity index (χ1v) is 10.3. The van der Waals surface area contributed by atoms with E-state index in [-0.39, 0.29) is 18.0 Å². The van der Waals surface area contributed by atoms with E-state index in [0.717, 1.165) is 25.1 Å². The third-order valence-corrected chi connectivity index (χ3v) is 6.34. The van der Waals surface area contributed by atoms with Crippen molar-refractivity contribution in [3.05, 3.63) is 59.0 Å². The van der Waals surface area contributed by atoms with E-state index in [1.165, 1.54) is 11.1 Å². The van der Waals surface area contributed by atoms with Crippen LogP contribution in [0.4, 0.5) is 0 Å². The molecule has 1 unspecified atom stereocenters. The third-order valence-electron chi connectivity index (χ3n) is 5.26. The highest BCUT2D eigenvalue weighted by atomic mass is 32.2. The van der Waals surface area contributed by atoms with Crippen molar-refractivity contribution in [1.82, 2.24) is 10.2 Å². The van der Waals surface area contributed by atoms with Crippen molar-refractivity contribution in [3.8, 4) is 0 Å². The van der Waals surface area contributed by atoms with Crippen LogP contribution in [-0.2, 0) is 6.42 Å². The average molecular weight is 372 g/mol. The Bertz CT molecular complexity index is 789. The van der Waals surface area contributed by atoms with Crippen LogP contribution in [-0.4, -0.2) is 35.0 Å². The highest BCUT2D eigenvalue weighted by Crippen LogP contribution is 2.31. The summed E-state index contributed by atoms with van der Waals surface area (Å²) in [6, 6.07) is 12.5. The van der Waals surface area contributed by atoms with Crippen molar-refractivity contribution >= 4 is 17.7 Å². The Labute approximate surface area is 158 Å². The number of rotatable bonds is 5. The van der Waals surface area contributed by atoms with Gasteiger partial charge < -0.3 is 20.4 Å². The topological polar surface area (TPSA) is 71.5 Å². The van der Waals surface area contributed by atoms with E-state index in [0.29, 0.717) is 23.4 Å². The summed E-state index contributed by atoms with van der Waals surface area (Å²) in [5.41, 5.74) is 8.68. The zero-order chi connectivity index (χ0) is 18.1. The molecule has 1 aromatic carbocycles. The molecule has 1 fully saturated rings. The molecule has 0 spiro atoms. The number of fused-ring (bicyclic) bond motifs is 1. The molecule has 6 heteroatoms. The van der Waals surface area contributed by atoms with Crippen molar-refractivity contribution < 1.29 is 9.21 Å². The van der Waals surface area contributed by atoms with Crippen LogP contribution in [0.5, 0.6) is 0 Å². The minimum Gasteiger partial charge on any atom is -0.454 e. The molecule has 1 amide bonds. The average Bonchev–Trinajstić information content (AvgIpc) is 3.38. The van der Waals surface area contributed by atoms with Crippen LogP contribution < -0.4 is 11.1 Å². The van der Waals surface area contributed by atoms with Crippen LogP contribution in [0, 0.1) is 0 Å². The number of nitrogens with zero attached hydrogens (tertiary/aromatic N) is 1. The largest absolute Gasteiger partial charge is 0.454 e. The number of amides is 1. The van der Waals surface area contributed by atoms with Crippen LogP contribution in [0.3, 0.4) is 0 Å². The number of nitrogens with one attached hydrogen (secondary N) is 1. The Morgan fingerprint density at radius 3 is 3.04 bits per heavy atom. The first-order valence-electron chi connectivity index (χ1n) is 9.18. The summed E-state index contributed by atoms with van der Waals surface area (Å²) >= 11 is 1.79. The molecule has 2 aliphatic rings. The molecule has 26 heavy (non-hydrogen) atoms. The third kappa shape index (κ3) is 3.41. The maximum absolute atomic E-state index is 12.8. The zero-order valence-corrected chi connectivity index (χ0v) is 15.8. The highest BCUT2D eigenvalue weighted by molar-refractivity contribution is 7.99. The lowest BCUT2D eigenvalue weighted by molar-refractivity contribution is 0.0710. The predicted molar refractivity (Wildman–Crippen MR) is 104 cm³/mol. The molecule has 1 aliphatic carbocycles. The fraction of sp³-hybridized carbons (Fsp3) is 0.450. The number of aryl methyl sites for hydroxylation is 1. The number of benzene rings is 1. The molecular weight excluding hydrogens is 346 g/mol. The number of carbonyl (C=O) groups excluding carboxylic acids is 1. The van der Waals surface area contributed by atoms with Crippen LogP contribution in [0.25, 0.3) is 0 Å². The Balaban J connectivity index is 1.40. The second kappa shape index (κ2) is 7.47. The van der Waals surface area contributed by atoms with Crippen molar-refractivity contribution in [2.75, 3.05) is 18.2 Å². The molecule has 3 N–H and O–H groups in total. The van der Waals surface area contributed by atoms with E-state index in [1.54, 1.807) is 23.9 Å². The summed E-state index contributed by atoms with van der Waals surface area (Å²) in [6.45, 7) is 2.66. The molecule has 0 bridgehead atoms. The molecule has 1 aromatic heterocycles. The fourth-order valence-electron chi connectivity index (χ4n) is 3.78. The van der Waals surface area contributed by atoms with Gasteiger partial charge in [-0.1, -0.05) is 24.3 Å². The summed E-state index contributed by atoms with van der Waals surface area (Å²) in [5, 5.41) is 3.68. The van der Waals surface area contributed by atoms with E-state index in [1.807, 2.05) is 11.8 Å². The second-order valence-electron chi connectivity index (χ2n) is 7.12. The summed E-state index contributed by atoms with van der Waals surface area (Å²) in [6.07, 6.45) is 2.26. The quantitative estimate of drug-likeness (QED) is 0.845.